The molecular weight excluding hydrogens is 574 g/mol. The fourth-order valence-corrected chi connectivity index (χ4v) is 4.47. The average Bonchev–Trinajstić information content (AvgIpc) is 3.67. The highest BCUT2D eigenvalue weighted by Gasteiger charge is 2.38. The third kappa shape index (κ3) is 7.30. The standard InChI is InChI=1S/C25H22FN9O.C2HF3O2/c26-22-11-17(12-28)1-2-20(22)25(36)34-9-7-33(8-10-34)15-19(3-5-27)35-14-18(13-32-35)23-21-4-6-29-24(21)31-16-30-23;3-2(4,5)1(6)7/h1-2,4,6,11,13-14,16,19H,3,7-10,15H2,(H,29,30,31);(H,6,7). The van der Waals surface area contributed by atoms with Crippen LogP contribution in [0.4, 0.5) is 17.6 Å². The summed E-state index contributed by atoms with van der Waals surface area (Å²) in [6.07, 6.45) is 2.14. The highest BCUT2D eigenvalue weighted by Crippen LogP contribution is 2.26. The number of carboxylic acid groups (broad SMARTS) is 1. The van der Waals surface area contributed by atoms with Crippen molar-refractivity contribution in [3.8, 4) is 23.4 Å². The van der Waals surface area contributed by atoms with Crippen LogP contribution >= 0.6 is 0 Å². The molecule has 1 unspecified atom stereocenters. The Morgan fingerprint density at radius 1 is 1.12 bits per heavy atom. The van der Waals surface area contributed by atoms with Gasteiger partial charge in [0.15, 0.2) is 0 Å². The summed E-state index contributed by atoms with van der Waals surface area (Å²) in [4.78, 5) is 37.2. The number of piperazine rings is 1. The van der Waals surface area contributed by atoms with Gasteiger partial charge in [0.25, 0.3) is 5.91 Å². The lowest BCUT2D eigenvalue weighted by molar-refractivity contribution is -0.192. The van der Waals surface area contributed by atoms with Crippen molar-refractivity contribution in [1.29, 1.82) is 10.5 Å². The van der Waals surface area contributed by atoms with Gasteiger partial charge in [-0.1, -0.05) is 0 Å². The summed E-state index contributed by atoms with van der Waals surface area (Å²) >= 11 is 0. The number of nitrogens with one attached hydrogen (secondary N) is 1. The predicted molar refractivity (Wildman–Crippen MR) is 142 cm³/mol. The minimum atomic E-state index is -5.08. The quantitative estimate of drug-likeness (QED) is 0.317. The molecular formula is C27H23F4N9O3. The van der Waals surface area contributed by atoms with Crippen molar-refractivity contribution in [2.75, 3.05) is 32.7 Å². The van der Waals surface area contributed by atoms with E-state index >= 15 is 0 Å². The van der Waals surface area contributed by atoms with Crippen LogP contribution in [0.3, 0.4) is 0 Å². The van der Waals surface area contributed by atoms with E-state index in [2.05, 4.69) is 31.0 Å². The van der Waals surface area contributed by atoms with Gasteiger partial charge in [-0.25, -0.2) is 19.2 Å². The number of H-pyrrole nitrogens is 1. The van der Waals surface area contributed by atoms with Crippen molar-refractivity contribution in [2.45, 2.75) is 18.6 Å². The molecule has 16 heteroatoms. The van der Waals surface area contributed by atoms with Gasteiger partial charge in [0.05, 0.1) is 47.6 Å². The number of hydrogen-bond acceptors (Lipinski definition) is 8. The van der Waals surface area contributed by atoms with Gasteiger partial charge in [0.2, 0.25) is 0 Å². The Kier molecular flexibility index (Phi) is 9.32. The van der Waals surface area contributed by atoms with Gasteiger partial charge in [0, 0.05) is 56.1 Å². The van der Waals surface area contributed by atoms with Crippen LogP contribution in [-0.2, 0) is 4.79 Å². The SMILES string of the molecule is N#CCC(CN1CCN(C(=O)c2ccc(C#N)cc2F)CC1)n1cc(-c2ncnc3[nH]ccc23)cn1.O=C(O)C(F)(F)F. The van der Waals surface area contributed by atoms with E-state index < -0.39 is 18.0 Å². The van der Waals surface area contributed by atoms with Crippen LogP contribution in [0.25, 0.3) is 22.3 Å². The zero-order chi connectivity index (χ0) is 31.1. The molecule has 0 aliphatic carbocycles. The maximum atomic E-state index is 14.3. The number of aliphatic carboxylic acids is 1. The number of aromatic amines is 1. The normalized spacial score (nSPS) is 14.3. The van der Waals surface area contributed by atoms with E-state index in [1.54, 1.807) is 15.8 Å². The molecule has 4 aromatic rings. The van der Waals surface area contributed by atoms with Crippen LogP contribution < -0.4 is 0 Å². The number of nitriles is 2. The number of carbonyl (C=O) groups excluding carboxylic acids is 1. The zero-order valence-electron chi connectivity index (χ0n) is 22.3. The van der Waals surface area contributed by atoms with E-state index in [1.165, 1.54) is 18.5 Å². The lowest BCUT2D eigenvalue weighted by atomic mass is 10.1. The third-order valence-electron chi connectivity index (χ3n) is 6.63. The molecule has 1 aliphatic heterocycles. The minimum Gasteiger partial charge on any atom is -0.475 e. The molecule has 3 aromatic heterocycles. The molecule has 43 heavy (non-hydrogen) atoms. The number of aromatic nitrogens is 5. The van der Waals surface area contributed by atoms with Gasteiger partial charge in [-0.2, -0.15) is 28.8 Å². The molecule has 0 spiro atoms. The number of amides is 1. The number of carboxylic acids is 1. The van der Waals surface area contributed by atoms with E-state index in [0.29, 0.717) is 32.7 Å². The van der Waals surface area contributed by atoms with Crippen molar-refractivity contribution in [1.82, 2.24) is 34.5 Å². The topological polar surface area (TPSA) is 168 Å². The Morgan fingerprint density at radius 2 is 1.84 bits per heavy atom. The Morgan fingerprint density at radius 3 is 2.47 bits per heavy atom. The molecule has 0 saturated carbocycles. The van der Waals surface area contributed by atoms with Crippen molar-refractivity contribution >= 4 is 22.9 Å². The number of halogens is 4. The van der Waals surface area contributed by atoms with Crippen molar-refractivity contribution in [3.63, 3.8) is 0 Å². The van der Waals surface area contributed by atoms with Crippen LogP contribution in [0, 0.1) is 28.5 Å². The smallest absolute Gasteiger partial charge is 0.475 e. The number of alkyl halides is 3. The fraction of sp³-hybridized carbons (Fsp3) is 0.296. The summed E-state index contributed by atoms with van der Waals surface area (Å²) in [5.74, 6) is -3.83. The zero-order valence-corrected chi connectivity index (χ0v) is 22.3. The summed E-state index contributed by atoms with van der Waals surface area (Å²) in [6, 6.07) is 9.74. The molecule has 1 saturated heterocycles. The lowest BCUT2D eigenvalue weighted by Gasteiger charge is -2.36. The molecule has 5 rings (SSSR count). The summed E-state index contributed by atoms with van der Waals surface area (Å²) in [5.41, 5.74) is 2.50. The molecule has 1 aromatic carbocycles. The van der Waals surface area contributed by atoms with E-state index in [9.17, 15) is 27.6 Å². The molecule has 1 atom stereocenters. The van der Waals surface area contributed by atoms with E-state index in [1.807, 2.05) is 24.5 Å². The number of rotatable bonds is 6. The van der Waals surface area contributed by atoms with Gasteiger partial charge >= 0.3 is 12.1 Å². The van der Waals surface area contributed by atoms with Crippen molar-refractivity contribution < 1.29 is 32.3 Å². The maximum Gasteiger partial charge on any atom is 0.490 e. The first-order chi connectivity index (χ1) is 20.5. The maximum absolute atomic E-state index is 14.3. The van der Waals surface area contributed by atoms with Crippen molar-refractivity contribution in [3.05, 3.63) is 66.1 Å². The Labute approximate surface area is 241 Å². The first-order valence-corrected chi connectivity index (χ1v) is 12.7. The lowest BCUT2D eigenvalue weighted by Crippen LogP contribution is -2.50. The van der Waals surface area contributed by atoms with E-state index in [0.717, 1.165) is 28.4 Å². The summed E-state index contributed by atoms with van der Waals surface area (Å²) in [6.45, 7) is 2.65. The number of carbonyl (C=O) groups is 2. The first-order valence-electron chi connectivity index (χ1n) is 12.7. The summed E-state index contributed by atoms with van der Waals surface area (Å²) in [7, 11) is 0. The molecule has 1 fully saturated rings. The number of fused-ring (bicyclic) bond motifs is 1. The van der Waals surface area contributed by atoms with Gasteiger partial charge in [-0.05, 0) is 24.3 Å². The molecule has 0 bridgehead atoms. The van der Waals surface area contributed by atoms with E-state index in [4.69, 9.17) is 15.2 Å². The Balaban J connectivity index is 0.000000541. The molecule has 0 radical (unpaired) electrons. The molecule has 1 aliphatic rings. The van der Waals surface area contributed by atoms with Crippen molar-refractivity contribution in [2.24, 2.45) is 0 Å². The fourth-order valence-electron chi connectivity index (χ4n) is 4.47. The molecule has 2 N–H and O–H groups in total. The Hall–Kier alpha value is -5.35. The van der Waals surface area contributed by atoms with Gasteiger partial charge in [-0.15, -0.1) is 0 Å². The highest BCUT2D eigenvalue weighted by molar-refractivity contribution is 5.94. The van der Waals surface area contributed by atoms with Crippen LogP contribution in [0.1, 0.15) is 28.4 Å². The number of nitrogens with zero attached hydrogens (tertiary/aromatic N) is 8. The average molecular weight is 598 g/mol. The summed E-state index contributed by atoms with van der Waals surface area (Å²) < 4.78 is 47.8. The van der Waals surface area contributed by atoms with Crippen LogP contribution in [0.5, 0.6) is 0 Å². The van der Waals surface area contributed by atoms with Crippen LogP contribution in [0.2, 0.25) is 0 Å². The second-order valence-corrected chi connectivity index (χ2v) is 9.39. The largest absolute Gasteiger partial charge is 0.490 e. The third-order valence-corrected chi connectivity index (χ3v) is 6.63. The molecule has 12 nitrogen and oxygen atoms in total. The predicted octanol–water partition coefficient (Wildman–Crippen LogP) is 3.38. The van der Waals surface area contributed by atoms with Crippen LogP contribution in [0.15, 0.2) is 49.2 Å². The summed E-state index contributed by atoms with van der Waals surface area (Å²) in [5, 5.41) is 30.9. The van der Waals surface area contributed by atoms with Gasteiger partial charge < -0.3 is 15.0 Å². The second-order valence-electron chi connectivity index (χ2n) is 9.39. The van der Waals surface area contributed by atoms with Crippen LogP contribution in [-0.4, -0.2) is 90.4 Å². The highest BCUT2D eigenvalue weighted by atomic mass is 19.4. The number of benzene rings is 1. The monoisotopic (exact) mass is 597 g/mol. The molecule has 1 amide bonds. The van der Waals surface area contributed by atoms with E-state index in [-0.39, 0.29) is 29.5 Å². The second kappa shape index (κ2) is 13.1. The number of hydrogen-bond donors (Lipinski definition) is 2. The Bertz CT molecular complexity index is 1700. The molecule has 222 valence electrons. The molecule has 4 heterocycles. The van der Waals surface area contributed by atoms with Gasteiger partial charge in [-0.3, -0.25) is 14.4 Å². The first kappa shape index (κ1) is 30.6. The van der Waals surface area contributed by atoms with Gasteiger partial charge in [0.1, 0.15) is 17.8 Å². The minimum absolute atomic E-state index is 0.0323.